The molecule has 4 aromatic rings. The SMILES string of the molecule is CCCCc1nc2cnc3ccccc3c2n1Cc1ccc(C(=O)OC)cc1. The predicted molar refractivity (Wildman–Crippen MR) is 111 cm³/mol. The number of unbranched alkanes of at least 4 members (excludes halogenated alkanes) is 1. The molecule has 142 valence electrons. The topological polar surface area (TPSA) is 57.0 Å². The number of pyridine rings is 1. The second-order valence-electron chi connectivity index (χ2n) is 6.92. The molecule has 5 heteroatoms. The molecule has 0 unspecified atom stereocenters. The van der Waals surface area contributed by atoms with Gasteiger partial charge in [-0.1, -0.05) is 43.7 Å². The number of esters is 1. The van der Waals surface area contributed by atoms with Crippen LogP contribution in [0.2, 0.25) is 0 Å². The summed E-state index contributed by atoms with van der Waals surface area (Å²) in [5.74, 6) is 0.757. The van der Waals surface area contributed by atoms with Gasteiger partial charge in [-0.25, -0.2) is 9.78 Å². The highest BCUT2D eigenvalue weighted by Gasteiger charge is 2.15. The van der Waals surface area contributed by atoms with Crippen LogP contribution in [0.5, 0.6) is 0 Å². The van der Waals surface area contributed by atoms with Gasteiger partial charge in [-0.2, -0.15) is 0 Å². The highest BCUT2D eigenvalue weighted by molar-refractivity contribution is 6.02. The van der Waals surface area contributed by atoms with Crippen molar-refractivity contribution in [3.8, 4) is 0 Å². The number of methoxy groups -OCH3 is 1. The molecule has 4 rings (SSSR count). The van der Waals surface area contributed by atoms with Gasteiger partial charge < -0.3 is 9.30 Å². The first-order chi connectivity index (χ1) is 13.7. The Morgan fingerprint density at radius 1 is 1.07 bits per heavy atom. The summed E-state index contributed by atoms with van der Waals surface area (Å²) in [6.07, 6.45) is 5.01. The van der Waals surface area contributed by atoms with Crippen molar-refractivity contribution in [1.29, 1.82) is 0 Å². The molecule has 0 amide bonds. The Hall–Kier alpha value is -3.21. The van der Waals surface area contributed by atoms with Crippen LogP contribution in [0.1, 0.15) is 41.5 Å². The molecule has 0 aliphatic carbocycles. The van der Waals surface area contributed by atoms with Gasteiger partial charge in [-0.05, 0) is 30.2 Å². The Kier molecular flexibility index (Phi) is 5.06. The number of benzene rings is 2. The van der Waals surface area contributed by atoms with Crippen LogP contribution < -0.4 is 0 Å². The molecule has 0 spiro atoms. The molecule has 28 heavy (non-hydrogen) atoms. The highest BCUT2D eigenvalue weighted by Crippen LogP contribution is 2.26. The molecule has 2 aromatic heterocycles. The van der Waals surface area contributed by atoms with Crippen LogP contribution in [0, 0.1) is 0 Å². The van der Waals surface area contributed by atoms with E-state index in [1.807, 2.05) is 48.7 Å². The number of aryl methyl sites for hydroxylation is 1. The third kappa shape index (κ3) is 3.36. The number of aromatic nitrogens is 3. The molecule has 0 fully saturated rings. The van der Waals surface area contributed by atoms with Crippen molar-refractivity contribution in [2.45, 2.75) is 32.7 Å². The lowest BCUT2D eigenvalue weighted by Gasteiger charge is -2.11. The monoisotopic (exact) mass is 373 g/mol. The second kappa shape index (κ2) is 7.80. The van der Waals surface area contributed by atoms with E-state index < -0.39 is 0 Å². The molecular weight excluding hydrogens is 350 g/mol. The molecule has 0 saturated carbocycles. The average molecular weight is 373 g/mol. The third-order valence-corrected chi connectivity index (χ3v) is 5.03. The van der Waals surface area contributed by atoms with Crippen molar-refractivity contribution in [2.24, 2.45) is 0 Å². The second-order valence-corrected chi connectivity index (χ2v) is 6.92. The number of carbonyl (C=O) groups excluding carboxylic acids is 1. The van der Waals surface area contributed by atoms with Gasteiger partial charge in [0.25, 0.3) is 0 Å². The Morgan fingerprint density at radius 2 is 1.86 bits per heavy atom. The molecule has 0 atom stereocenters. The summed E-state index contributed by atoms with van der Waals surface area (Å²) >= 11 is 0. The maximum absolute atomic E-state index is 11.7. The third-order valence-electron chi connectivity index (χ3n) is 5.03. The molecule has 0 aliphatic rings. The zero-order valence-electron chi connectivity index (χ0n) is 16.2. The summed E-state index contributed by atoms with van der Waals surface area (Å²) in [7, 11) is 1.40. The number of carbonyl (C=O) groups is 1. The Labute approximate surface area is 164 Å². The lowest BCUT2D eigenvalue weighted by Crippen LogP contribution is -2.07. The Balaban J connectivity index is 1.81. The van der Waals surface area contributed by atoms with E-state index in [1.165, 1.54) is 7.11 Å². The summed E-state index contributed by atoms with van der Waals surface area (Å²) in [6, 6.07) is 15.8. The summed E-state index contributed by atoms with van der Waals surface area (Å²) in [5.41, 5.74) is 4.69. The van der Waals surface area contributed by atoms with Crippen molar-refractivity contribution in [3.63, 3.8) is 0 Å². The van der Waals surface area contributed by atoms with Crippen LogP contribution >= 0.6 is 0 Å². The lowest BCUT2D eigenvalue weighted by atomic mass is 10.1. The summed E-state index contributed by atoms with van der Waals surface area (Å²) in [5, 5.41) is 1.11. The van der Waals surface area contributed by atoms with E-state index >= 15 is 0 Å². The highest BCUT2D eigenvalue weighted by atomic mass is 16.5. The number of fused-ring (bicyclic) bond motifs is 3. The van der Waals surface area contributed by atoms with E-state index in [9.17, 15) is 4.79 Å². The van der Waals surface area contributed by atoms with E-state index in [0.29, 0.717) is 12.1 Å². The van der Waals surface area contributed by atoms with Gasteiger partial charge in [0.05, 0.1) is 29.9 Å². The minimum absolute atomic E-state index is 0.319. The molecule has 0 aliphatic heterocycles. The minimum atomic E-state index is -0.319. The molecular formula is C23H23N3O2. The minimum Gasteiger partial charge on any atom is -0.465 e. The number of ether oxygens (including phenoxy) is 1. The quantitative estimate of drug-likeness (QED) is 0.457. The van der Waals surface area contributed by atoms with Crippen LogP contribution in [-0.4, -0.2) is 27.6 Å². The zero-order chi connectivity index (χ0) is 19.5. The van der Waals surface area contributed by atoms with Gasteiger partial charge in [0.15, 0.2) is 0 Å². The van der Waals surface area contributed by atoms with Crippen molar-refractivity contribution in [1.82, 2.24) is 14.5 Å². The van der Waals surface area contributed by atoms with Gasteiger partial charge >= 0.3 is 5.97 Å². The van der Waals surface area contributed by atoms with Crippen LogP contribution in [0.25, 0.3) is 21.9 Å². The molecule has 2 heterocycles. The van der Waals surface area contributed by atoms with E-state index in [2.05, 4.69) is 22.5 Å². The van der Waals surface area contributed by atoms with Crippen molar-refractivity contribution in [3.05, 3.63) is 71.7 Å². The lowest BCUT2D eigenvalue weighted by molar-refractivity contribution is 0.0600. The van der Waals surface area contributed by atoms with Gasteiger partial charge in [-0.15, -0.1) is 0 Å². The number of nitrogens with zero attached hydrogens (tertiary/aromatic N) is 3. The van der Waals surface area contributed by atoms with E-state index in [-0.39, 0.29) is 5.97 Å². The maximum atomic E-state index is 11.7. The number of para-hydroxylation sites is 1. The molecule has 0 bridgehead atoms. The van der Waals surface area contributed by atoms with Gasteiger partial charge in [0.1, 0.15) is 11.3 Å². The van der Waals surface area contributed by atoms with Crippen molar-refractivity contribution < 1.29 is 9.53 Å². The zero-order valence-corrected chi connectivity index (χ0v) is 16.2. The molecule has 5 nitrogen and oxygen atoms in total. The van der Waals surface area contributed by atoms with Crippen LogP contribution in [0.4, 0.5) is 0 Å². The number of hydrogen-bond acceptors (Lipinski definition) is 4. The van der Waals surface area contributed by atoms with Crippen molar-refractivity contribution >= 4 is 27.9 Å². The van der Waals surface area contributed by atoms with Crippen LogP contribution in [0.3, 0.4) is 0 Å². The number of rotatable bonds is 6. The fourth-order valence-corrected chi connectivity index (χ4v) is 3.55. The molecule has 0 N–H and O–H groups in total. The first-order valence-electron chi connectivity index (χ1n) is 9.61. The summed E-state index contributed by atoms with van der Waals surface area (Å²) < 4.78 is 7.08. The van der Waals surface area contributed by atoms with Crippen LogP contribution in [-0.2, 0) is 17.7 Å². The number of hydrogen-bond donors (Lipinski definition) is 0. The Bertz CT molecular complexity index is 1130. The average Bonchev–Trinajstić information content (AvgIpc) is 3.10. The van der Waals surface area contributed by atoms with Gasteiger partial charge in [0, 0.05) is 18.4 Å². The summed E-state index contributed by atoms with van der Waals surface area (Å²) in [4.78, 5) is 21.1. The first kappa shape index (κ1) is 18.2. The maximum Gasteiger partial charge on any atom is 0.337 e. The molecule has 2 aromatic carbocycles. The largest absolute Gasteiger partial charge is 0.465 e. The van der Waals surface area contributed by atoms with Gasteiger partial charge in [0.2, 0.25) is 0 Å². The van der Waals surface area contributed by atoms with E-state index in [4.69, 9.17) is 9.72 Å². The standard InChI is InChI=1S/C23H23N3O2/c1-3-4-9-21-25-20-14-24-19-8-6-5-7-18(19)22(20)26(21)15-16-10-12-17(13-11-16)23(27)28-2/h5-8,10-14H,3-4,9,15H2,1-2H3. The first-order valence-corrected chi connectivity index (χ1v) is 9.61. The number of imidazole rings is 1. The Morgan fingerprint density at radius 3 is 2.61 bits per heavy atom. The summed E-state index contributed by atoms with van der Waals surface area (Å²) in [6.45, 7) is 2.89. The normalized spacial score (nSPS) is 11.2. The van der Waals surface area contributed by atoms with Gasteiger partial charge in [-0.3, -0.25) is 4.98 Å². The fraction of sp³-hybridized carbons (Fsp3) is 0.261. The molecule has 0 saturated heterocycles. The van der Waals surface area contributed by atoms with Crippen LogP contribution in [0.15, 0.2) is 54.7 Å². The molecule has 0 radical (unpaired) electrons. The van der Waals surface area contributed by atoms with Crippen molar-refractivity contribution in [2.75, 3.05) is 7.11 Å². The van der Waals surface area contributed by atoms with E-state index in [1.54, 1.807) is 0 Å². The smallest absolute Gasteiger partial charge is 0.337 e. The van der Waals surface area contributed by atoms with E-state index in [0.717, 1.165) is 52.6 Å². The predicted octanol–water partition coefficient (Wildman–Crippen LogP) is 4.76. The fourth-order valence-electron chi connectivity index (χ4n) is 3.55.